The van der Waals surface area contributed by atoms with Gasteiger partial charge in [-0.25, -0.2) is 4.79 Å². The SMILES string of the molecule is O=C(NCC1CNC1)Nc1ccc(C(F)(F)F)cc1. The minimum Gasteiger partial charge on any atom is -0.337 e. The van der Waals surface area contributed by atoms with Crippen molar-refractivity contribution in [3.63, 3.8) is 0 Å². The van der Waals surface area contributed by atoms with E-state index in [1.54, 1.807) is 0 Å². The van der Waals surface area contributed by atoms with Crippen molar-refractivity contribution in [3.8, 4) is 0 Å². The second-order valence-corrected chi connectivity index (χ2v) is 4.43. The van der Waals surface area contributed by atoms with Gasteiger partial charge in [0.05, 0.1) is 5.56 Å². The van der Waals surface area contributed by atoms with Gasteiger partial charge in [-0.3, -0.25) is 0 Å². The minimum atomic E-state index is -4.36. The summed E-state index contributed by atoms with van der Waals surface area (Å²) < 4.78 is 37.0. The number of amides is 2. The quantitative estimate of drug-likeness (QED) is 0.789. The number of carbonyl (C=O) groups is 1. The number of urea groups is 1. The first-order chi connectivity index (χ1) is 8.95. The van der Waals surface area contributed by atoms with Crippen LogP contribution in [0, 0.1) is 5.92 Å². The highest BCUT2D eigenvalue weighted by molar-refractivity contribution is 5.89. The predicted octanol–water partition coefficient (Wildman–Crippen LogP) is 2.05. The van der Waals surface area contributed by atoms with Crippen molar-refractivity contribution in [2.75, 3.05) is 25.0 Å². The molecule has 0 saturated carbocycles. The number of nitrogens with one attached hydrogen (secondary N) is 3. The molecule has 2 rings (SSSR count). The van der Waals surface area contributed by atoms with Crippen LogP contribution in [0.1, 0.15) is 5.56 Å². The largest absolute Gasteiger partial charge is 0.416 e. The zero-order chi connectivity index (χ0) is 13.9. The van der Waals surface area contributed by atoms with Gasteiger partial charge in [0.1, 0.15) is 0 Å². The molecule has 0 spiro atoms. The third-order valence-electron chi connectivity index (χ3n) is 2.89. The molecule has 0 unspecified atom stereocenters. The lowest BCUT2D eigenvalue weighted by molar-refractivity contribution is -0.137. The Morgan fingerprint density at radius 1 is 1.26 bits per heavy atom. The van der Waals surface area contributed by atoms with E-state index in [4.69, 9.17) is 0 Å². The number of carbonyl (C=O) groups excluding carboxylic acids is 1. The highest BCUT2D eigenvalue weighted by Crippen LogP contribution is 2.29. The molecule has 1 aliphatic heterocycles. The number of hydrogen-bond donors (Lipinski definition) is 3. The molecule has 3 N–H and O–H groups in total. The number of halogens is 3. The first-order valence-electron chi connectivity index (χ1n) is 5.88. The average Bonchev–Trinajstić information content (AvgIpc) is 2.26. The maximum Gasteiger partial charge on any atom is 0.416 e. The monoisotopic (exact) mass is 273 g/mol. The van der Waals surface area contributed by atoms with Gasteiger partial charge >= 0.3 is 12.2 Å². The second-order valence-electron chi connectivity index (χ2n) is 4.43. The first kappa shape index (κ1) is 13.7. The standard InChI is InChI=1S/C12H14F3N3O/c13-12(14,15)9-1-3-10(4-2-9)18-11(19)17-7-8-5-16-6-8/h1-4,8,16H,5-7H2,(H2,17,18,19). The minimum absolute atomic E-state index is 0.331. The number of rotatable bonds is 3. The van der Waals surface area contributed by atoms with Crippen LogP contribution in [0.15, 0.2) is 24.3 Å². The summed E-state index contributed by atoms with van der Waals surface area (Å²) in [5.41, 5.74) is -0.406. The zero-order valence-corrected chi connectivity index (χ0v) is 10.1. The van der Waals surface area contributed by atoms with Gasteiger partial charge in [-0.15, -0.1) is 0 Å². The normalized spacial score (nSPS) is 15.7. The molecule has 2 amide bonds. The molecule has 4 nitrogen and oxygen atoms in total. The molecule has 0 bridgehead atoms. The lowest BCUT2D eigenvalue weighted by atomic mass is 10.0. The van der Waals surface area contributed by atoms with Gasteiger partial charge in [0.25, 0.3) is 0 Å². The zero-order valence-electron chi connectivity index (χ0n) is 10.1. The van der Waals surface area contributed by atoms with Gasteiger partial charge in [-0.2, -0.15) is 13.2 Å². The summed E-state index contributed by atoms with van der Waals surface area (Å²) in [7, 11) is 0. The van der Waals surface area contributed by atoms with Crippen molar-refractivity contribution in [2.24, 2.45) is 5.92 Å². The summed E-state index contributed by atoms with van der Waals surface area (Å²) in [4.78, 5) is 11.5. The van der Waals surface area contributed by atoms with Crippen LogP contribution in [0.5, 0.6) is 0 Å². The number of benzene rings is 1. The fourth-order valence-corrected chi connectivity index (χ4v) is 1.65. The maximum atomic E-state index is 12.3. The van der Waals surface area contributed by atoms with Gasteiger partial charge < -0.3 is 16.0 Å². The molecule has 1 saturated heterocycles. The molecule has 0 radical (unpaired) electrons. The van der Waals surface area contributed by atoms with Crippen LogP contribution in [-0.2, 0) is 6.18 Å². The van der Waals surface area contributed by atoms with Gasteiger partial charge in [0, 0.05) is 31.2 Å². The molecule has 1 aliphatic rings. The Balaban J connectivity index is 1.83. The van der Waals surface area contributed by atoms with Gasteiger partial charge in [0.2, 0.25) is 0 Å². The van der Waals surface area contributed by atoms with E-state index in [9.17, 15) is 18.0 Å². The van der Waals surface area contributed by atoms with Crippen LogP contribution in [0.2, 0.25) is 0 Å². The van der Waals surface area contributed by atoms with E-state index < -0.39 is 17.8 Å². The highest BCUT2D eigenvalue weighted by atomic mass is 19.4. The molecule has 0 aromatic heterocycles. The first-order valence-corrected chi connectivity index (χ1v) is 5.88. The molecule has 7 heteroatoms. The Morgan fingerprint density at radius 2 is 1.89 bits per heavy atom. The van der Waals surface area contributed by atoms with E-state index in [-0.39, 0.29) is 0 Å². The number of alkyl halides is 3. The van der Waals surface area contributed by atoms with E-state index in [0.29, 0.717) is 18.2 Å². The van der Waals surface area contributed by atoms with Crippen molar-refractivity contribution < 1.29 is 18.0 Å². The van der Waals surface area contributed by atoms with E-state index in [0.717, 1.165) is 25.2 Å². The number of hydrogen-bond acceptors (Lipinski definition) is 2. The van der Waals surface area contributed by atoms with Crippen molar-refractivity contribution in [1.82, 2.24) is 10.6 Å². The molecule has 1 fully saturated rings. The van der Waals surface area contributed by atoms with Crippen molar-refractivity contribution in [3.05, 3.63) is 29.8 Å². The predicted molar refractivity (Wildman–Crippen MR) is 64.8 cm³/mol. The second kappa shape index (κ2) is 5.48. The molecule has 1 aromatic rings. The average molecular weight is 273 g/mol. The Bertz CT molecular complexity index is 441. The van der Waals surface area contributed by atoms with E-state index in [2.05, 4.69) is 16.0 Å². The molecule has 1 heterocycles. The number of anilines is 1. The van der Waals surface area contributed by atoms with Crippen LogP contribution in [0.4, 0.5) is 23.7 Å². The van der Waals surface area contributed by atoms with Crippen LogP contribution in [0.3, 0.4) is 0 Å². The fourth-order valence-electron chi connectivity index (χ4n) is 1.65. The molecule has 0 aliphatic carbocycles. The molecular weight excluding hydrogens is 259 g/mol. The van der Waals surface area contributed by atoms with Crippen molar-refractivity contribution >= 4 is 11.7 Å². The topological polar surface area (TPSA) is 53.2 Å². The van der Waals surface area contributed by atoms with Crippen LogP contribution in [-0.4, -0.2) is 25.7 Å². The summed E-state index contributed by atoms with van der Waals surface area (Å²) in [5.74, 6) is 0.429. The van der Waals surface area contributed by atoms with Gasteiger partial charge in [0.15, 0.2) is 0 Å². The van der Waals surface area contributed by atoms with Crippen molar-refractivity contribution in [2.45, 2.75) is 6.18 Å². The summed E-state index contributed by atoms with van der Waals surface area (Å²) >= 11 is 0. The Hall–Kier alpha value is -1.76. The summed E-state index contributed by atoms with van der Waals surface area (Å²) in [6.45, 7) is 2.31. The lowest BCUT2D eigenvalue weighted by Gasteiger charge is -2.27. The molecule has 0 atom stereocenters. The Morgan fingerprint density at radius 3 is 2.37 bits per heavy atom. The van der Waals surface area contributed by atoms with E-state index in [1.807, 2.05) is 0 Å². The van der Waals surface area contributed by atoms with E-state index in [1.165, 1.54) is 12.1 Å². The van der Waals surface area contributed by atoms with E-state index >= 15 is 0 Å². The Kier molecular flexibility index (Phi) is 3.94. The summed E-state index contributed by atoms with van der Waals surface area (Å²) in [6.07, 6.45) is -4.36. The maximum absolute atomic E-state index is 12.3. The van der Waals surface area contributed by atoms with Crippen LogP contribution < -0.4 is 16.0 Å². The van der Waals surface area contributed by atoms with Crippen LogP contribution >= 0.6 is 0 Å². The highest BCUT2D eigenvalue weighted by Gasteiger charge is 2.30. The lowest BCUT2D eigenvalue weighted by Crippen LogP contribution is -2.48. The molecular formula is C12H14F3N3O. The summed E-state index contributed by atoms with van der Waals surface area (Å²) in [6, 6.07) is 3.92. The molecule has 104 valence electrons. The molecule has 1 aromatic carbocycles. The van der Waals surface area contributed by atoms with Gasteiger partial charge in [-0.05, 0) is 24.3 Å². The van der Waals surface area contributed by atoms with Crippen molar-refractivity contribution in [1.29, 1.82) is 0 Å². The van der Waals surface area contributed by atoms with Gasteiger partial charge in [-0.1, -0.05) is 0 Å². The third-order valence-corrected chi connectivity index (χ3v) is 2.89. The fraction of sp³-hybridized carbons (Fsp3) is 0.417. The van der Waals surface area contributed by atoms with Crippen LogP contribution in [0.25, 0.3) is 0 Å². The Labute approximate surface area is 108 Å². The third kappa shape index (κ3) is 3.85. The smallest absolute Gasteiger partial charge is 0.337 e. The molecule has 19 heavy (non-hydrogen) atoms. The summed E-state index contributed by atoms with van der Waals surface area (Å²) in [5, 5.41) is 8.23.